The van der Waals surface area contributed by atoms with E-state index < -0.39 is 0 Å². The Morgan fingerprint density at radius 1 is 1.44 bits per heavy atom. The fraction of sp³-hybridized carbons (Fsp3) is 0.833. The molecule has 4 heteroatoms. The third-order valence-electron chi connectivity index (χ3n) is 3.27. The van der Waals surface area contributed by atoms with E-state index in [1.807, 2.05) is 0 Å². The van der Waals surface area contributed by atoms with Gasteiger partial charge in [-0.05, 0) is 31.7 Å². The molecule has 0 aliphatic carbocycles. The van der Waals surface area contributed by atoms with Gasteiger partial charge in [0.05, 0.1) is 24.9 Å². The maximum atomic E-state index is 6.03. The van der Waals surface area contributed by atoms with E-state index in [0.29, 0.717) is 12.5 Å². The molecular formula is C12H21BO3. The first-order valence-corrected chi connectivity index (χ1v) is 6.10. The number of ether oxygens (including phenoxy) is 1. The first-order valence-electron chi connectivity index (χ1n) is 6.10. The molecule has 0 saturated carbocycles. The summed E-state index contributed by atoms with van der Waals surface area (Å²) in [5.74, 6) is 0.473. The van der Waals surface area contributed by atoms with Gasteiger partial charge in [0.15, 0.2) is 0 Å². The highest BCUT2D eigenvalue weighted by molar-refractivity contribution is 6.54. The van der Waals surface area contributed by atoms with Gasteiger partial charge in [-0.25, -0.2) is 0 Å². The second-order valence-corrected chi connectivity index (χ2v) is 5.46. The molecule has 0 aromatic heterocycles. The van der Waals surface area contributed by atoms with Crippen LogP contribution in [0.3, 0.4) is 0 Å². The predicted molar refractivity (Wildman–Crippen MR) is 64.1 cm³/mol. The fourth-order valence-corrected chi connectivity index (χ4v) is 2.55. The van der Waals surface area contributed by atoms with E-state index in [9.17, 15) is 0 Å². The van der Waals surface area contributed by atoms with Crippen molar-refractivity contribution >= 4 is 7.12 Å². The minimum absolute atomic E-state index is 0.161. The van der Waals surface area contributed by atoms with Crippen molar-refractivity contribution in [2.45, 2.75) is 45.8 Å². The molecule has 2 aliphatic rings. The largest absolute Gasteiger partial charge is 0.490 e. The maximum Gasteiger partial charge on any atom is 0.490 e. The lowest BCUT2D eigenvalue weighted by molar-refractivity contribution is 0.0438. The molecule has 1 unspecified atom stereocenters. The molecule has 0 spiro atoms. The first kappa shape index (κ1) is 12.2. The number of hydrogen-bond donors (Lipinski definition) is 0. The van der Waals surface area contributed by atoms with Gasteiger partial charge in [-0.15, -0.1) is 0 Å². The van der Waals surface area contributed by atoms with Crippen LogP contribution >= 0.6 is 0 Å². The summed E-state index contributed by atoms with van der Waals surface area (Å²) in [6.07, 6.45) is 3.18. The van der Waals surface area contributed by atoms with Crippen LogP contribution in [0.5, 0.6) is 0 Å². The van der Waals surface area contributed by atoms with Crippen LogP contribution in [0.15, 0.2) is 11.5 Å². The molecule has 1 fully saturated rings. The van der Waals surface area contributed by atoms with Crippen molar-refractivity contribution in [3.05, 3.63) is 11.5 Å². The number of rotatable bonds is 2. The van der Waals surface area contributed by atoms with Crippen molar-refractivity contribution < 1.29 is 14.0 Å². The Bertz CT molecular complexity index is 286. The van der Waals surface area contributed by atoms with E-state index in [4.69, 9.17) is 14.0 Å². The molecule has 0 aromatic carbocycles. The molecule has 1 saturated heterocycles. The van der Waals surface area contributed by atoms with Gasteiger partial charge < -0.3 is 14.0 Å². The third kappa shape index (κ3) is 2.34. The van der Waals surface area contributed by atoms with Crippen LogP contribution < -0.4 is 0 Å². The Morgan fingerprint density at radius 3 is 2.69 bits per heavy atom. The molecule has 90 valence electrons. The smallest absolute Gasteiger partial charge is 0.401 e. The molecule has 2 aliphatic heterocycles. The molecule has 0 aromatic rings. The summed E-state index contributed by atoms with van der Waals surface area (Å²) in [5.41, 5.74) is 1.04. The Balaban J connectivity index is 2.07. The van der Waals surface area contributed by atoms with Crippen molar-refractivity contribution in [3.8, 4) is 0 Å². The van der Waals surface area contributed by atoms with Gasteiger partial charge in [-0.1, -0.05) is 19.9 Å². The average Bonchev–Trinajstić information content (AvgIpc) is 2.56. The molecule has 2 heterocycles. The van der Waals surface area contributed by atoms with Crippen molar-refractivity contribution in [1.82, 2.24) is 0 Å². The zero-order chi connectivity index (χ0) is 11.8. The van der Waals surface area contributed by atoms with E-state index in [2.05, 4.69) is 33.8 Å². The summed E-state index contributed by atoms with van der Waals surface area (Å²) in [5, 5.41) is 0. The van der Waals surface area contributed by atoms with Crippen LogP contribution in [-0.4, -0.2) is 32.0 Å². The van der Waals surface area contributed by atoms with Crippen LogP contribution in [0.4, 0.5) is 0 Å². The SMILES string of the molecule is CC(C)C1OB(C2=CCOCC2)OC1(C)C. The highest BCUT2D eigenvalue weighted by Gasteiger charge is 2.48. The molecule has 0 bridgehead atoms. The van der Waals surface area contributed by atoms with Crippen LogP contribution in [0, 0.1) is 5.92 Å². The van der Waals surface area contributed by atoms with Gasteiger partial charge >= 0.3 is 7.12 Å². The van der Waals surface area contributed by atoms with E-state index in [0.717, 1.165) is 13.0 Å². The highest BCUT2D eigenvalue weighted by Crippen LogP contribution is 2.35. The monoisotopic (exact) mass is 224 g/mol. The Hall–Kier alpha value is -0.315. The predicted octanol–water partition coefficient (Wildman–Crippen LogP) is 2.21. The Kier molecular flexibility index (Phi) is 3.43. The zero-order valence-corrected chi connectivity index (χ0v) is 10.7. The third-order valence-corrected chi connectivity index (χ3v) is 3.27. The van der Waals surface area contributed by atoms with Crippen LogP contribution in [0.1, 0.15) is 34.1 Å². The summed E-state index contributed by atoms with van der Waals surface area (Å²) in [7, 11) is -0.161. The lowest BCUT2D eigenvalue weighted by Gasteiger charge is -2.28. The summed E-state index contributed by atoms with van der Waals surface area (Å²) in [4.78, 5) is 0. The average molecular weight is 224 g/mol. The van der Waals surface area contributed by atoms with Crippen molar-refractivity contribution in [2.75, 3.05) is 13.2 Å². The minimum atomic E-state index is -0.196. The molecular weight excluding hydrogens is 203 g/mol. The van der Waals surface area contributed by atoms with Gasteiger partial charge in [0.2, 0.25) is 0 Å². The fourth-order valence-electron chi connectivity index (χ4n) is 2.55. The van der Waals surface area contributed by atoms with Gasteiger partial charge in [0, 0.05) is 0 Å². The molecule has 3 nitrogen and oxygen atoms in total. The Labute approximate surface area is 98.3 Å². The molecule has 0 N–H and O–H groups in total. The van der Waals surface area contributed by atoms with E-state index in [1.165, 1.54) is 5.47 Å². The zero-order valence-electron chi connectivity index (χ0n) is 10.7. The van der Waals surface area contributed by atoms with Gasteiger partial charge in [-0.2, -0.15) is 0 Å². The molecule has 0 radical (unpaired) electrons. The second-order valence-electron chi connectivity index (χ2n) is 5.46. The Morgan fingerprint density at radius 2 is 2.19 bits per heavy atom. The molecule has 1 atom stereocenters. The maximum absolute atomic E-state index is 6.03. The van der Waals surface area contributed by atoms with Crippen LogP contribution in [0.25, 0.3) is 0 Å². The second kappa shape index (κ2) is 4.51. The van der Waals surface area contributed by atoms with E-state index in [-0.39, 0.29) is 18.8 Å². The molecule has 16 heavy (non-hydrogen) atoms. The summed E-state index contributed by atoms with van der Waals surface area (Å²) < 4.78 is 17.3. The van der Waals surface area contributed by atoms with Crippen molar-refractivity contribution in [1.29, 1.82) is 0 Å². The topological polar surface area (TPSA) is 27.7 Å². The van der Waals surface area contributed by atoms with E-state index in [1.54, 1.807) is 0 Å². The molecule has 2 rings (SSSR count). The molecule has 0 amide bonds. The minimum Gasteiger partial charge on any atom is -0.401 e. The number of hydrogen-bond acceptors (Lipinski definition) is 3. The van der Waals surface area contributed by atoms with Gasteiger partial charge in [-0.3, -0.25) is 0 Å². The highest BCUT2D eigenvalue weighted by atomic mass is 16.7. The normalized spacial score (nSPS) is 29.7. The summed E-state index contributed by atoms with van der Waals surface area (Å²) in [6, 6.07) is 0. The quantitative estimate of drug-likeness (QED) is 0.673. The van der Waals surface area contributed by atoms with Gasteiger partial charge in [0.1, 0.15) is 0 Å². The lowest BCUT2D eigenvalue weighted by atomic mass is 9.75. The van der Waals surface area contributed by atoms with E-state index >= 15 is 0 Å². The standard InChI is InChI=1S/C12H21BO3/c1-9(2)11-12(3,4)16-13(15-11)10-5-7-14-8-6-10/h5,9,11H,6-8H2,1-4H3. The van der Waals surface area contributed by atoms with Crippen molar-refractivity contribution in [2.24, 2.45) is 5.92 Å². The van der Waals surface area contributed by atoms with Gasteiger partial charge in [0.25, 0.3) is 0 Å². The summed E-state index contributed by atoms with van der Waals surface area (Å²) in [6.45, 7) is 10.0. The van der Waals surface area contributed by atoms with Crippen molar-refractivity contribution in [3.63, 3.8) is 0 Å². The first-order chi connectivity index (χ1) is 7.50. The van der Waals surface area contributed by atoms with Crippen LogP contribution in [-0.2, 0) is 14.0 Å². The van der Waals surface area contributed by atoms with Crippen LogP contribution in [0.2, 0.25) is 0 Å². The summed E-state index contributed by atoms with van der Waals surface area (Å²) >= 11 is 0. The lowest BCUT2D eigenvalue weighted by Crippen LogP contribution is -2.36.